The van der Waals surface area contributed by atoms with E-state index in [0.29, 0.717) is 17.6 Å². The fourth-order valence-corrected chi connectivity index (χ4v) is 6.04. The van der Waals surface area contributed by atoms with Crippen molar-refractivity contribution in [1.29, 1.82) is 0 Å². The van der Waals surface area contributed by atoms with Crippen molar-refractivity contribution in [3.8, 4) is 0 Å². The smallest absolute Gasteiger partial charge is 0.137 e. The molecular formula is C19H23ClO. The molecule has 112 valence electrons. The molecule has 0 heterocycles. The van der Waals surface area contributed by atoms with Crippen LogP contribution in [0.2, 0.25) is 5.02 Å². The summed E-state index contributed by atoms with van der Waals surface area (Å²) in [6.45, 7) is 0. The summed E-state index contributed by atoms with van der Waals surface area (Å²) in [5, 5.41) is 0.733. The van der Waals surface area contributed by atoms with Crippen molar-refractivity contribution in [2.45, 2.75) is 51.4 Å². The third kappa shape index (κ3) is 2.65. The second-order valence-electron chi connectivity index (χ2n) is 7.90. The molecule has 1 aromatic rings. The molecule has 1 nitrogen and oxygen atoms in total. The predicted octanol–water partition coefficient (Wildman–Crippen LogP) is 5.06. The number of Topliss-reactive ketones (excluding diaryl/α,β-unsaturated/α-hetero) is 1. The highest BCUT2D eigenvalue weighted by atomic mass is 35.5. The lowest BCUT2D eigenvalue weighted by Gasteiger charge is -2.56. The number of hydrogen-bond donors (Lipinski definition) is 0. The summed E-state index contributed by atoms with van der Waals surface area (Å²) in [4.78, 5) is 12.6. The van der Waals surface area contributed by atoms with Gasteiger partial charge in [-0.1, -0.05) is 29.8 Å². The number of carbonyl (C=O) groups is 1. The SMILES string of the molecule is O=C(Cc1ccccc1Cl)CC12CC3CC(CC(C3)C1)C2. The third-order valence-corrected chi connectivity index (χ3v) is 6.45. The molecule has 4 bridgehead atoms. The first-order valence-corrected chi connectivity index (χ1v) is 8.75. The van der Waals surface area contributed by atoms with Gasteiger partial charge in [0.1, 0.15) is 5.78 Å². The van der Waals surface area contributed by atoms with Gasteiger partial charge < -0.3 is 0 Å². The van der Waals surface area contributed by atoms with E-state index in [-0.39, 0.29) is 0 Å². The highest BCUT2D eigenvalue weighted by Gasteiger charge is 2.51. The van der Waals surface area contributed by atoms with E-state index in [4.69, 9.17) is 11.6 Å². The summed E-state index contributed by atoms with van der Waals surface area (Å²) in [7, 11) is 0. The van der Waals surface area contributed by atoms with Gasteiger partial charge in [0.2, 0.25) is 0 Å². The Morgan fingerprint density at radius 3 is 2.19 bits per heavy atom. The number of rotatable bonds is 4. The Hall–Kier alpha value is -0.820. The molecule has 0 saturated heterocycles. The van der Waals surface area contributed by atoms with Crippen LogP contribution in [0.25, 0.3) is 0 Å². The molecule has 0 aromatic heterocycles. The van der Waals surface area contributed by atoms with Crippen molar-refractivity contribution in [2.24, 2.45) is 23.2 Å². The van der Waals surface area contributed by atoms with Gasteiger partial charge >= 0.3 is 0 Å². The van der Waals surface area contributed by atoms with Crippen LogP contribution in [0, 0.1) is 23.2 Å². The van der Waals surface area contributed by atoms with Crippen molar-refractivity contribution < 1.29 is 4.79 Å². The maximum atomic E-state index is 12.6. The Morgan fingerprint density at radius 1 is 1.05 bits per heavy atom. The maximum Gasteiger partial charge on any atom is 0.137 e. The summed E-state index contributed by atoms with van der Waals surface area (Å²) in [5.41, 5.74) is 1.35. The van der Waals surface area contributed by atoms with Crippen LogP contribution in [0.4, 0.5) is 0 Å². The normalized spacial score (nSPS) is 36.9. The van der Waals surface area contributed by atoms with E-state index in [0.717, 1.165) is 34.8 Å². The predicted molar refractivity (Wildman–Crippen MR) is 85.4 cm³/mol. The van der Waals surface area contributed by atoms with E-state index < -0.39 is 0 Å². The second kappa shape index (κ2) is 5.12. The van der Waals surface area contributed by atoms with E-state index in [1.54, 1.807) is 0 Å². The Balaban J connectivity index is 1.46. The van der Waals surface area contributed by atoms with Gasteiger partial charge in [0, 0.05) is 17.9 Å². The van der Waals surface area contributed by atoms with Crippen LogP contribution < -0.4 is 0 Å². The van der Waals surface area contributed by atoms with Gasteiger partial charge in [-0.05, 0) is 73.3 Å². The van der Waals surface area contributed by atoms with Crippen molar-refractivity contribution in [1.82, 2.24) is 0 Å². The van der Waals surface area contributed by atoms with Gasteiger partial charge in [-0.3, -0.25) is 4.79 Å². The number of halogens is 1. The molecule has 1 aromatic carbocycles. The molecule has 0 atom stereocenters. The van der Waals surface area contributed by atoms with E-state index in [1.165, 1.54) is 38.5 Å². The van der Waals surface area contributed by atoms with Crippen LogP contribution in [0.3, 0.4) is 0 Å². The summed E-state index contributed by atoms with van der Waals surface area (Å²) in [6.07, 6.45) is 9.57. The molecule has 0 radical (unpaired) electrons. The molecule has 0 amide bonds. The van der Waals surface area contributed by atoms with Crippen LogP contribution in [0.1, 0.15) is 50.5 Å². The zero-order valence-electron chi connectivity index (χ0n) is 12.5. The van der Waals surface area contributed by atoms with Gasteiger partial charge in [0.05, 0.1) is 0 Å². The van der Waals surface area contributed by atoms with Crippen LogP contribution in [-0.4, -0.2) is 5.78 Å². The minimum Gasteiger partial charge on any atom is -0.299 e. The van der Waals surface area contributed by atoms with Crippen LogP contribution in [0.5, 0.6) is 0 Å². The van der Waals surface area contributed by atoms with Crippen LogP contribution in [-0.2, 0) is 11.2 Å². The molecule has 0 spiro atoms. The highest BCUT2D eigenvalue weighted by molar-refractivity contribution is 6.31. The topological polar surface area (TPSA) is 17.1 Å². The van der Waals surface area contributed by atoms with Crippen molar-refractivity contribution >= 4 is 17.4 Å². The third-order valence-electron chi connectivity index (χ3n) is 6.08. The number of benzene rings is 1. The van der Waals surface area contributed by atoms with Gasteiger partial charge in [0.15, 0.2) is 0 Å². The molecule has 5 rings (SSSR count). The Labute approximate surface area is 132 Å². The average molecular weight is 303 g/mol. The van der Waals surface area contributed by atoms with E-state index in [1.807, 2.05) is 24.3 Å². The molecule has 4 aliphatic rings. The first-order chi connectivity index (χ1) is 10.1. The Bertz CT molecular complexity index is 527. The lowest BCUT2D eigenvalue weighted by atomic mass is 9.48. The monoisotopic (exact) mass is 302 g/mol. The number of carbonyl (C=O) groups excluding carboxylic acids is 1. The summed E-state index contributed by atoms with van der Waals surface area (Å²) >= 11 is 6.19. The van der Waals surface area contributed by atoms with Crippen molar-refractivity contribution in [2.75, 3.05) is 0 Å². The van der Waals surface area contributed by atoms with Crippen molar-refractivity contribution in [3.63, 3.8) is 0 Å². The van der Waals surface area contributed by atoms with Gasteiger partial charge in [-0.25, -0.2) is 0 Å². The zero-order chi connectivity index (χ0) is 14.4. The molecular weight excluding hydrogens is 280 g/mol. The minimum absolute atomic E-state index is 0.354. The standard InChI is InChI=1S/C19H23ClO/c20-18-4-2-1-3-16(18)8-17(21)12-19-9-13-5-14(10-19)7-15(6-13)11-19/h1-4,13-15H,5-12H2. The number of ketones is 1. The molecule has 0 aliphatic heterocycles. The molecule has 0 N–H and O–H groups in total. The van der Waals surface area contributed by atoms with Crippen molar-refractivity contribution in [3.05, 3.63) is 34.9 Å². The van der Waals surface area contributed by atoms with Gasteiger partial charge in [-0.2, -0.15) is 0 Å². The molecule has 2 heteroatoms. The van der Waals surface area contributed by atoms with Crippen LogP contribution in [0.15, 0.2) is 24.3 Å². The fraction of sp³-hybridized carbons (Fsp3) is 0.632. The van der Waals surface area contributed by atoms with Gasteiger partial charge in [0.25, 0.3) is 0 Å². The second-order valence-corrected chi connectivity index (χ2v) is 8.31. The average Bonchev–Trinajstić information content (AvgIpc) is 2.39. The Morgan fingerprint density at radius 2 is 1.62 bits per heavy atom. The zero-order valence-corrected chi connectivity index (χ0v) is 13.2. The largest absolute Gasteiger partial charge is 0.299 e. The number of hydrogen-bond acceptors (Lipinski definition) is 1. The molecule has 0 unspecified atom stereocenters. The first kappa shape index (κ1) is 13.8. The van der Waals surface area contributed by atoms with Gasteiger partial charge in [-0.15, -0.1) is 0 Å². The minimum atomic E-state index is 0.354. The Kier molecular flexibility index (Phi) is 3.37. The lowest BCUT2D eigenvalue weighted by Crippen LogP contribution is -2.47. The fourth-order valence-electron chi connectivity index (χ4n) is 5.84. The van der Waals surface area contributed by atoms with E-state index in [2.05, 4.69) is 0 Å². The summed E-state index contributed by atoms with van der Waals surface area (Å²) < 4.78 is 0. The molecule has 21 heavy (non-hydrogen) atoms. The summed E-state index contributed by atoms with van der Waals surface area (Å²) in [6, 6.07) is 7.77. The molecule has 4 aliphatic carbocycles. The van der Waals surface area contributed by atoms with E-state index in [9.17, 15) is 4.79 Å². The lowest BCUT2D eigenvalue weighted by molar-refractivity contribution is -0.126. The maximum absolute atomic E-state index is 12.6. The highest BCUT2D eigenvalue weighted by Crippen LogP contribution is 2.61. The van der Waals surface area contributed by atoms with Crippen LogP contribution >= 0.6 is 11.6 Å². The quantitative estimate of drug-likeness (QED) is 0.760. The van der Waals surface area contributed by atoms with E-state index >= 15 is 0 Å². The molecule has 4 saturated carbocycles. The first-order valence-electron chi connectivity index (χ1n) is 8.37. The molecule has 4 fully saturated rings. The summed E-state index contributed by atoms with van der Waals surface area (Å²) in [5.74, 6) is 3.16.